The summed E-state index contributed by atoms with van der Waals surface area (Å²) < 4.78 is 1.16. The topological polar surface area (TPSA) is 25.8 Å². The molecule has 5 heteroatoms. The molecule has 0 spiro atoms. The number of fused-ring (bicyclic) bond motifs is 1. The summed E-state index contributed by atoms with van der Waals surface area (Å²) in [5.74, 6) is 0. The average Bonchev–Trinajstić information content (AvgIpc) is 2.83. The van der Waals surface area contributed by atoms with Crippen molar-refractivity contribution >= 4 is 44.5 Å². The summed E-state index contributed by atoms with van der Waals surface area (Å²) in [6, 6.07) is 3.82. The molecule has 0 amide bonds. The van der Waals surface area contributed by atoms with Gasteiger partial charge in [0.1, 0.15) is 5.15 Å². The third-order valence-corrected chi connectivity index (χ3v) is 4.03. The molecule has 0 aliphatic heterocycles. The van der Waals surface area contributed by atoms with Crippen molar-refractivity contribution in [2.24, 2.45) is 0 Å². The van der Waals surface area contributed by atoms with Gasteiger partial charge < -0.3 is 0 Å². The molecule has 0 atom stereocenters. The van der Waals surface area contributed by atoms with Crippen molar-refractivity contribution in [1.29, 1.82) is 0 Å². The molecule has 0 fully saturated rings. The largest absolute Gasteiger partial charge is 0.252 e. The summed E-state index contributed by atoms with van der Waals surface area (Å²) in [4.78, 5) is 9.55. The highest BCUT2D eigenvalue weighted by molar-refractivity contribution is 7.18. The van der Waals surface area contributed by atoms with E-state index in [4.69, 9.17) is 11.6 Å². The van der Waals surface area contributed by atoms with E-state index in [0.29, 0.717) is 5.15 Å². The minimum Gasteiger partial charge on any atom is -0.252 e. The molecule has 2 nitrogen and oxygen atoms in total. The van der Waals surface area contributed by atoms with E-state index in [1.807, 2.05) is 23.8 Å². The number of hydrogen-bond donors (Lipinski definition) is 0. The van der Waals surface area contributed by atoms with Crippen LogP contribution in [0.3, 0.4) is 0 Å². The van der Waals surface area contributed by atoms with Crippen LogP contribution in [0.4, 0.5) is 0 Å². The van der Waals surface area contributed by atoms with Crippen LogP contribution in [-0.2, 0) is 0 Å². The normalized spacial score (nSPS) is 11.0. The molecule has 0 bridgehead atoms. The van der Waals surface area contributed by atoms with Crippen LogP contribution in [0.5, 0.6) is 0 Å². The lowest BCUT2D eigenvalue weighted by atomic mass is 10.2. The summed E-state index contributed by atoms with van der Waals surface area (Å²) in [6.07, 6.45) is 1.86. The van der Waals surface area contributed by atoms with Crippen LogP contribution in [0.2, 0.25) is 5.15 Å². The van der Waals surface area contributed by atoms with E-state index < -0.39 is 0 Å². The van der Waals surface area contributed by atoms with Gasteiger partial charge in [0, 0.05) is 17.1 Å². The van der Waals surface area contributed by atoms with E-state index in [-0.39, 0.29) is 0 Å². The SMILES string of the molecule is Clc1ccc2scc(-c3cncs3)c2n1. The zero-order chi connectivity index (χ0) is 10.3. The summed E-state index contributed by atoms with van der Waals surface area (Å²) >= 11 is 9.18. The van der Waals surface area contributed by atoms with Gasteiger partial charge >= 0.3 is 0 Å². The molecule has 3 aromatic rings. The van der Waals surface area contributed by atoms with Crippen LogP contribution >= 0.6 is 34.3 Å². The first-order valence-electron chi connectivity index (χ1n) is 4.27. The summed E-state index contributed by atoms with van der Waals surface area (Å²) in [5.41, 5.74) is 3.92. The minimum absolute atomic E-state index is 0.534. The fourth-order valence-electron chi connectivity index (χ4n) is 1.41. The summed E-state index contributed by atoms with van der Waals surface area (Å²) in [5, 5.41) is 2.63. The number of hydrogen-bond acceptors (Lipinski definition) is 4. The second kappa shape index (κ2) is 3.56. The van der Waals surface area contributed by atoms with Gasteiger partial charge in [-0.3, -0.25) is 4.98 Å². The summed E-state index contributed by atoms with van der Waals surface area (Å²) in [6.45, 7) is 0. The molecule has 0 aliphatic rings. The number of thiazole rings is 1. The van der Waals surface area contributed by atoms with Crippen molar-refractivity contribution < 1.29 is 0 Å². The number of halogens is 1. The second-order valence-electron chi connectivity index (χ2n) is 3.00. The van der Waals surface area contributed by atoms with Gasteiger partial charge in [-0.25, -0.2) is 4.98 Å². The monoisotopic (exact) mass is 252 g/mol. The van der Waals surface area contributed by atoms with E-state index in [1.165, 1.54) is 0 Å². The Kier molecular flexibility index (Phi) is 2.20. The van der Waals surface area contributed by atoms with Crippen LogP contribution in [0, 0.1) is 0 Å². The highest BCUT2D eigenvalue weighted by Gasteiger charge is 2.09. The second-order valence-corrected chi connectivity index (χ2v) is 5.18. The molecule has 3 rings (SSSR count). The Labute approximate surface area is 99.2 Å². The van der Waals surface area contributed by atoms with Crippen LogP contribution < -0.4 is 0 Å². The van der Waals surface area contributed by atoms with Crippen LogP contribution in [0.25, 0.3) is 20.7 Å². The maximum atomic E-state index is 5.89. The van der Waals surface area contributed by atoms with Crippen LogP contribution in [0.1, 0.15) is 0 Å². The molecule has 0 aromatic carbocycles. The number of nitrogens with zero attached hydrogens (tertiary/aromatic N) is 2. The molecule has 0 saturated carbocycles. The summed E-state index contributed by atoms with van der Waals surface area (Å²) in [7, 11) is 0. The van der Waals surface area contributed by atoms with Crippen molar-refractivity contribution in [2.45, 2.75) is 0 Å². The molecule has 0 N–H and O–H groups in total. The van der Waals surface area contributed by atoms with Crippen molar-refractivity contribution in [3.8, 4) is 10.4 Å². The number of pyridine rings is 1. The third kappa shape index (κ3) is 1.55. The quantitative estimate of drug-likeness (QED) is 0.610. The van der Waals surface area contributed by atoms with Crippen molar-refractivity contribution in [2.75, 3.05) is 0 Å². The van der Waals surface area contributed by atoms with Gasteiger partial charge in [0.15, 0.2) is 0 Å². The van der Waals surface area contributed by atoms with E-state index in [0.717, 1.165) is 20.7 Å². The first-order valence-corrected chi connectivity index (χ1v) is 6.41. The lowest BCUT2D eigenvalue weighted by Gasteiger charge is -1.94. The Morgan fingerprint density at radius 2 is 2.13 bits per heavy atom. The molecule has 15 heavy (non-hydrogen) atoms. The van der Waals surface area contributed by atoms with Crippen molar-refractivity contribution in [3.05, 3.63) is 34.4 Å². The zero-order valence-electron chi connectivity index (χ0n) is 7.48. The highest BCUT2D eigenvalue weighted by Crippen LogP contribution is 2.34. The standard InChI is InChI=1S/C10H5ClN2S2/c11-9-2-1-7-10(13-9)6(4-14-7)8-3-12-5-15-8/h1-5H. The van der Waals surface area contributed by atoms with E-state index >= 15 is 0 Å². The third-order valence-electron chi connectivity index (χ3n) is 2.08. The number of thiophene rings is 1. The number of aromatic nitrogens is 2. The van der Waals surface area contributed by atoms with Gasteiger partial charge in [0.25, 0.3) is 0 Å². The van der Waals surface area contributed by atoms with Gasteiger partial charge in [0.05, 0.1) is 20.6 Å². The first kappa shape index (κ1) is 9.27. The fraction of sp³-hybridized carbons (Fsp3) is 0. The Bertz CT molecular complexity index is 601. The Balaban J connectivity index is 2.32. The average molecular weight is 253 g/mol. The fourth-order valence-corrected chi connectivity index (χ4v) is 3.17. The zero-order valence-corrected chi connectivity index (χ0v) is 9.86. The van der Waals surface area contributed by atoms with Crippen molar-refractivity contribution in [3.63, 3.8) is 0 Å². The minimum atomic E-state index is 0.534. The Morgan fingerprint density at radius 1 is 1.20 bits per heavy atom. The predicted molar refractivity (Wildman–Crippen MR) is 65.7 cm³/mol. The van der Waals surface area contributed by atoms with Gasteiger partial charge in [-0.1, -0.05) is 11.6 Å². The highest BCUT2D eigenvalue weighted by atomic mass is 35.5. The van der Waals surface area contributed by atoms with E-state index in [1.54, 1.807) is 22.7 Å². The molecule has 0 radical (unpaired) electrons. The maximum Gasteiger partial charge on any atom is 0.129 e. The lowest BCUT2D eigenvalue weighted by Crippen LogP contribution is -1.76. The predicted octanol–water partition coefficient (Wildman–Crippen LogP) is 4.07. The molecular formula is C10H5ClN2S2. The smallest absolute Gasteiger partial charge is 0.129 e. The van der Waals surface area contributed by atoms with Crippen LogP contribution in [-0.4, -0.2) is 9.97 Å². The molecule has 74 valence electrons. The van der Waals surface area contributed by atoms with E-state index in [9.17, 15) is 0 Å². The Morgan fingerprint density at radius 3 is 2.93 bits per heavy atom. The van der Waals surface area contributed by atoms with Gasteiger partial charge in [-0.05, 0) is 12.1 Å². The molecular weight excluding hydrogens is 248 g/mol. The molecule has 3 aromatic heterocycles. The van der Waals surface area contributed by atoms with Crippen LogP contribution in [0.15, 0.2) is 29.2 Å². The first-order chi connectivity index (χ1) is 7.34. The van der Waals surface area contributed by atoms with E-state index in [2.05, 4.69) is 15.3 Å². The molecule has 0 aliphatic carbocycles. The van der Waals surface area contributed by atoms with Gasteiger partial charge in [-0.15, -0.1) is 22.7 Å². The van der Waals surface area contributed by atoms with Crippen molar-refractivity contribution in [1.82, 2.24) is 9.97 Å². The van der Waals surface area contributed by atoms with Gasteiger partial charge in [-0.2, -0.15) is 0 Å². The molecule has 0 saturated heterocycles. The maximum absolute atomic E-state index is 5.89. The Hall–Kier alpha value is -0.970. The lowest BCUT2D eigenvalue weighted by molar-refractivity contribution is 1.41. The number of rotatable bonds is 1. The van der Waals surface area contributed by atoms with Gasteiger partial charge in [0.2, 0.25) is 0 Å². The molecule has 3 heterocycles. The molecule has 0 unspecified atom stereocenters.